The van der Waals surface area contributed by atoms with Gasteiger partial charge < -0.3 is 25.8 Å². The van der Waals surface area contributed by atoms with E-state index < -0.39 is 0 Å². The second kappa shape index (κ2) is 10.7. The number of nitrogens with two attached hydrogens (primary N) is 2. The van der Waals surface area contributed by atoms with Crippen molar-refractivity contribution in [3.8, 4) is 5.75 Å². The Morgan fingerprint density at radius 3 is 2.52 bits per heavy atom. The van der Waals surface area contributed by atoms with Gasteiger partial charge in [0.2, 0.25) is 0 Å². The van der Waals surface area contributed by atoms with Gasteiger partial charge in [-0.2, -0.15) is 0 Å². The lowest BCUT2D eigenvalue weighted by molar-refractivity contribution is 0.0778. The Morgan fingerprint density at radius 1 is 1.24 bits per heavy atom. The number of anilines is 1. The predicted octanol–water partition coefficient (Wildman–Crippen LogP) is 2.55. The molecule has 4 N–H and O–H groups in total. The van der Waals surface area contributed by atoms with E-state index in [4.69, 9.17) is 20.9 Å². The second-order valence-electron chi connectivity index (χ2n) is 7.42. The Morgan fingerprint density at radius 2 is 1.93 bits per heavy atom. The second-order valence-corrected chi connectivity index (χ2v) is 7.42. The SMILES string of the molecule is COC(=O)N1CCN(C(C)C/C(=C/c2cc(OC(C)C)ccc2N)N=CN)CC1. The molecule has 1 aliphatic heterocycles. The number of hydrogen-bond acceptors (Lipinski definition) is 6. The van der Waals surface area contributed by atoms with Gasteiger partial charge in [-0.15, -0.1) is 0 Å². The van der Waals surface area contributed by atoms with E-state index in [9.17, 15) is 4.79 Å². The molecule has 1 unspecified atom stereocenters. The highest BCUT2D eigenvalue weighted by molar-refractivity contribution is 5.69. The minimum atomic E-state index is -0.274. The summed E-state index contributed by atoms with van der Waals surface area (Å²) in [6.07, 6.45) is 3.77. The maximum atomic E-state index is 11.7. The molecular formula is C21H33N5O3. The molecule has 1 aliphatic rings. The van der Waals surface area contributed by atoms with Gasteiger partial charge in [0.05, 0.1) is 19.6 Å². The summed E-state index contributed by atoms with van der Waals surface area (Å²) < 4.78 is 10.6. The van der Waals surface area contributed by atoms with E-state index in [1.165, 1.54) is 13.4 Å². The first-order chi connectivity index (χ1) is 13.8. The normalized spacial score (nSPS) is 17.0. The average molecular weight is 404 g/mol. The van der Waals surface area contributed by atoms with E-state index >= 15 is 0 Å². The fraction of sp³-hybridized carbons (Fsp3) is 0.524. The van der Waals surface area contributed by atoms with Crippen molar-refractivity contribution in [2.24, 2.45) is 10.7 Å². The molecule has 1 saturated heterocycles. The van der Waals surface area contributed by atoms with E-state index in [1.807, 2.05) is 38.1 Å². The largest absolute Gasteiger partial charge is 0.491 e. The molecule has 1 aromatic carbocycles. The summed E-state index contributed by atoms with van der Waals surface area (Å²) in [6, 6.07) is 5.85. The zero-order valence-electron chi connectivity index (χ0n) is 17.8. The Labute approximate surface area is 173 Å². The summed E-state index contributed by atoms with van der Waals surface area (Å²) in [6.45, 7) is 8.99. The number of benzene rings is 1. The van der Waals surface area contributed by atoms with Crippen molar-refractivity contribution in [3.05, 3.63) is 29.5 Å². The van der Waals surface area contributed by atoms with Crippen LogP contribution in [0.15, 0.2) is 28.9 Å². The summed E-state index contributed by atoms with van der Waals surface area (Å²) >= 11 is 0. The molecule has 8 heteroatoms. The molecule has 0 aromatic heterocycles. The lowest BCUT2D eigenvalue weighted by Gasteiger charge is -2.37. The number of ether oxygens (including phenoxy) is 2. The standard InChI is InChI=1S/C21H33N5O3/c1-15(2)29-19-5-6-20(23)17(13-19)12-18(24-14-22)11-16(3)25-7-9-26(10-8-25)21(27)28-4/h5-6,12-16H,7-11,23H2,1-4H3,(H2,22,24)/b18-12-. The predicted molar refractivity (Wildman–Crippen MR) is 117 cm³/mol. The van der Waals surface area contributed by atoms with Gasteiger partial charge in [-0.3, -0.25) is 4.90 Å². The summed E-state index contributed by atoms with van der Waals surface area (Å²) in [4.78, 5) is 20.1. The van der Waals surface area contributed by atoms with Crippen molar-refractivity contribution in [1.29, 1.82) is 0 Å². The first-order valence-electron chi connectivity index (χ1n) is 9.92. The van der Waals surface area contributed by atoms with Gasteiger partial charge in [0, 0.05) is 55.6 Å². The Balaban J connectivity index is 2.09. The highest BCUT2D eigenvalue weighted by Gasteiger charge is 2.24. The van der Waals surface area contributed by atoms with Gasteiger partial charge in [0.1, 0.15) is 5.75 Å². The van der Waals surface area contributed by atoms with Crippen LogP contribution in [0, 0.1) is 0 Å². The summed E-state index contributed by atoms with van der Waals surface area (Å²) in [5.74, 6) is 0.767. The molecule has 8 nitrogen and oxygen atoms in total. The van der Waals surface area contributed by atoms with Gasteiger partial charge in [-0.25, -0.2) is 9.79 Å². The fourth-order valence-corrected chi connectivity index (χ4v) is 3.35. The van der Waals surface area contributed by atoms with E-state index in [0.29, 0.717) is 25.2 Å². The number of carbonyl (C=O) groups excluding carboxylic acids is 1. The summed E-state index contributed by atoms with van der Waals surface area (Å²) in [7, 11) is 1.41. The smallest absolute Gasteiger partial charge is 0.409 e. The molecule has 1 fully saturated rings. The number of amides is 1. The van der Waals surface area contributed by atoms with Crippen LogP contribution in [0.1, 0.15) is 32.8 Å². The molecular weight excluding hydrogens is 370 g/mol. The maximum absolute atomic E-state index is 11.7. The van der Waals surface area contributed by atoms with Crippen LogP contribution in [0.25, 0.3) is 6.08 Å². The van der Waals surface area contributed by atoms with Crippen molar-refractivity contribution in [3.63, 3.8) is 0 Å². The lowest BCUT2D eigenvalue weighted by atomic mass is 10.1. The van der Waals surface area contributed by atoms with Gasteiger partial charge >= 0.3 is 6.09 Å². The number of methoxy groups -OCH3 is 1. The van der Waals surface area contributed by atoms with Crippen LogP contribution in [-0.4, -0.2) is 67.7 Å². The molecule has 0 spiro atoms. The summed E-state index contributed by atoms with van der Waals surface area (Å²) in [5, 5.41) is 0. The zero-order valence-corrected chi connectivity index (χ0v) is 17.8. The van der Waals surface area contributed by atoms with Crippen LogP contribution >= 0.6 is 0 Å². The number of nitrogens with zero attached hydrogens (tertiary/aromatic N) is 3. The third-order valence-electron chi connectivity index (χ3n) is 4.87. The van der Waals surface area contributed by atoms with Gasteiger partial charge in [0.25, 0.3) is 0 Å². The van der Waals surface area contributed by atoms with Crippen LogP contribution in [0.2, 0.25) is 0 Å². The highest BCUT2D eigenvalue weighted by Crippen LogP contribution is 2.25. The zero-order chi connectivity index (χ0) is 21.4. The molecule has 0 radical (unpaired) electrons. The highest BCUT2D eigenvalue weighted by atomic mass is 16.5. The van der Waals surface area contributed by atoms with E-state index in [0.717, 1.165) is 30.1 Å². The number of carbonyl (C=O) groups is 1. The monoisotopic (exact) mass is 403 g/mol. The number of aliphatic imine (C=N–C) groups is 1. The summed E-state index contributed by atoms with van der Waals surface area (Å²) in [5.41, 5.74) is 14.1. The third-order valence-corrected chi connectivity index (χ3v) is 4.87. The van der Waals surface area contributed by atoms with Crippen molar-refractivity contribution in [2.75, 3.05) is 39.0 Å². The third kappa shape index (κ3) is 6.67. The van der Waals surface area contributed by atoms with Crippen molar-refractivity contribution in [1.82, 2.24) is 9.80 Å². The first kappa shape index (κ1) is 22.5. The minimum absolute atomic E-state index is 0.0840. The van der Waals surface area contributed by atoms with Crippen molar-refractivity contribution < 1.29 is 14.3 Å². The molecule has 160 valence electrons. The van der Waals surface area contributed by atoms with Crippen molar-refractivity contribution >= 4 is 24.2 Å². The number of hydrogen-bond donors (Lipinski definition) is 2. The molecule has 2 rings (SSSR count). The number of nitrogen functional groups attached to an aromatic ring is 1. The van der Waals surface area contributed by atoms with Crippen LogP contribution in [0.3, 0.4) is 0 Å². The molecule has 0 bridgehead atoms. The van der Waals surface area contributed by atoms with Gasteiger partial charge in [-0.05, 0) is 45.0 Å². The van der Waals surface area contributed by atoms with Crippen LogP contribution in [0.4, 0.5) is 10.5 Å². The average Bonchev–Trinajstić information content (AvgIpc) is 2.69. The molecule has 0 aliphatic carbocycles. The Bertz CT molecular complexity index is 740. The fourth-order valence-electron chi connectivity index (χ4n) is 3.35. The van der Waals surface area contributed by atoms with E-state index in [1.54, 1.807) is 4.90 Å². The van der Waals surface area contributed by atoms with Crippen molar-refractivity contribution in [2.45, 2.75) is 39.3 Å². The Kier molecular flexibility index (Phi) is 8.33. The Hall–Kier alpha value is -2.74. The lowest BCUT2D eigenvalue weighted by Crippen LogP contribution is -2.51. The van der Waals surface area contributed by atoms with Crippen LogP contribution in [0.5, 0.6) is 5.75 Å². The quantitative estimate of drug-likeness (QED) is 0.412. The number of piperazine rings is 1. The van der Waals surface area contributed by atoms with E-state index in [-0.39, 0.29) is 18.2 Å². The van der Waals surface area contributed by atoms with Crippen LogP contribution in [-0.2, 0) is 4.74 Å². The molecule has 29 heavy (non-hydrogen) atoms. The van der Waals surface area contributed by atoms with Crippen LogP contribution < -0.4 is 16.2 Å². The molecule has 1 amide bonds. The van der Waals surface area contributed by atoms with Gasteiger partial charge in [0.15, 0.2) is 0 Å². The molecule has 1 aromatic rings. The number of rotatable bonds is 7. The molecule has 1 atom stereocenters. The van der Waals surface area contributed by atoms with E-state index in [2.05, 4.69) is 16.8 Å². The van der Waals surface area contributed by atoms with Gasteiger partial charge in [-0.1, -0.05) is 0 Å². The first-order valence-corrected chi connectivity index (χ1v) is 9.92. The minimum Gasteiger partial charge on any atom is -0.491 e. The molecule has 0 saturated carbocycles. The maximum Gasteiger partial charge on any atom is 0.409 e. The molecule has 1 heterocycles. The topological polar surface area (TPSA) is 106 Å².